The normalized spacial score (nSPS) is 14.8. The first-order chi connectivity index (χ1) is 13.4. The number of carboxylic acids is 1. The number of aliphatic carboxylic acids is 1. The molecule has 1 fully saturated rings. The Balaban J connectivity index is 1.76. The molecule has 1 aliphatic heterocycles. The molecule has 0 spiro atoms. The van der Waals surface area contributed by atoms with Crippen LogP contribution in [0.3, 0.4) is 0 Å². The summed E-state index contributed by atoms with van der Waals surface area (Å²) in [5.41, 5.74) is 0. The van der Waals surface area contributed by atoms with E-state index in [1.807, 2.05) is 44.2 Å². The van der Waals surface area contributed by atoms with Crippen molar-refractivity contribution < 1.29 is 24.2 Å². The number of nitrogens with zero attached hydrogens (tertiary/aromatic N) is 2. The van der Waals surface area contributed by atoms with Crippen LogP contribution >= 0.6 is 0 Å². The Morgan fingerprint density at radius 3 is 2.36 bits per heavy atom. The maximum atomic E-state index is 12.8. The summed E-state index contributed by atoms with van der Waals surface area (Å²) in [5, 5.41) is 8.88. The van der Waals surface area contributed by atoms with E-state index in [0.29, 0.717) is 39.0 Å². The van der Waals surface area contributed by atoms with Gasteiger partial charge in [-0.3, -0.25) is 14.4 Å². The van der Waals surface area contributed by atoms with Gasteiger partial charge in [-0.15, -0.1) is 0 Å². The van der Waals surface area contributed by atoms with Gasteiger partial charge in [-0.1, -0.05) is 18.2 Å². The third-order valence-corrected chi connectivity index (χ3v) is 5.00. The molecular formula is C21H30N2O5. The van der Waals surface area contributed by atoms with Gasteiger partial charge in [0.05, 0.1) is 19.4 Å². The average Bonchev–Trinajstić information content (AvgIpc) is 2.68. The average molecular weight is 390 g/mol. The molecule has 7 heteroatoms. The van der Waals surface area contributed by atoms with E-state index in [1.165, 1.54) is 0 Å². The van der Waals surface area contributed by atoms with Gasteiger partial charge >= 0.3 is 5.97 Å². The largest absolute Gasteiger partial charge is 0.493 e. The standard InChI is InChI=1S/C21H30N2O5/c1-16(2)23(14-10-20(25)26)21(27)17-8-12-22(13-9-17)19(24)11-15-28-18-6-4-3-5-7-18/h3-7,16-17H,8-15H2,1-2H3,(H,25,26). The van der Waals surface area contributed by atoms with Gasteiger partial charge < -0.3 is 19.6 Å². The second kappa shape index (κ2) is 10.7. The first kappa shape index (κ1) is 21.7. The van der Waals surface area contributed by atoms with Crippen LogP contribution in [0.5, 0.6) is 5.75 Å². The Bertz CT molecular complexity index is 654. The van der Waals surface area contributed by atoms with E-state index in [4.69, 9.17) is 9.84 Å². The highest BCUT2D eigenvalue weighted by Gasteiger charge is 2.31. The quantitative estimate of drug-likeness (QED) is 0.700. The van der Waals surface area contributed by atoms with Crippen LogP contribution in [-0.4, -0.2) is 65.0 Å². The Morgan fingerprint density at radius 2 is 1.79 bits per heavy atom. The summed E-state index contributed by atoms with van der Waals surface area (Å²) in [6, 6.07) is 9.34. The fourth-order valence-electron chi connectivity index (χ4n) is 3.38. The zero-order chi connectivity index (χ0) is 20.5. The van der Waals surface area contributed by atoms with Crippen molar-refractivity contribution in [3.05, 3.63) is 30.3 Å². The summed E-state index contributed by atoms with van der Waals surface area (Å²) in [6.07, 6.45) is 1.48. The van der Waals surface area contributed by atoms with Crippen molar-refractivity contribution in [2.24, 2.45) is 5.92 Å². The van der Waals surface area contributed by atoms with E-state index in [9.17, 15) is 14.4 Å². The molecule has 0 bridgehead atoms. The molecule has 1 aromatic carbocycles. The van der Waals surface area contributed by atoms with Gasteiger partial charge in [-0.2, -0.15) is 0 Å². The van der Waals surface area contributed by atoms with E-state index in [0.717, 1.165) is 5.75 Å². The van der Waals surface area contributed by atoms with Crippen molar-refractivity contribution in [3.63, 3.8) is 0 Å². The lowest BCUT2D eigenvalue weighted by Crippen LogP contribution is -2.47. The van der Waals surface area contributed by atoms with E-state index < -0.39 is 5.97 Å². The van der Waals surface area contributed by atoms with Crippen LogP contribution in [-0.2, 0) is 14.4 Å². The molecule has 7 nitrogen and oxygen atoms in total. The number of hydrogen-bond acceptors (Lipinski definition) is 4. The van der Waals surface area contributed by atoms with Crippen molar-refractivity contribution in [2.75, 3.05) is 26.2 Å². The molecular weight excluding hydrogens is 360 g/mol. The first-order valence-corrected chi connectivity index (χ1v) is 9.86. The van der Waals surface area contributed by atoms with Crippen LogP contribution < -0.4 is 4.74 Å². The van der Waals surface area contributed by atoms with Gasteiger partial charge in [0.25, 0.3) is 0 Å². The van der Waals surface area contributed by atoms with Gasteiger partial charge in [0.15, 0.2) is 0 Å². The lowest BCUT2D eigenvalue weighted by atomic mass is 9.94. The number of carboxylic acid groups (broad SMARTS) is 1. The predicted molar refractivity (Wildman–Crippen MR) is 105 cm³/mol. The molecule has 1 saturated heterocycles. The van der Waals surface area contributed by atoms with Gasteiger partial charge in [-0.25, -0.2) is 0 Å². The second-order valence-electron chi connectivity index (χ2n) is 7.34. The molecule has 1 aliphatic rings. The molecule has 0 unspecified atom stereocenters. The molecule has 0 aromatic heterocycles. The van der Waals surface area contributed by atoms with Crippen LogP contribution in [0.4, 0.5) is 0 Å². The van der Waals surface area contributed by atoms with Crippen LogP contribution in [0.15, 0.2) is 30.3 Å². The Hall–Kier alpha value is -2.57. The maximum Gasteiger partial charge on any atom is 0.305 e. The highest BCUT2D eigenvalue weighted by Crippen LogP contribution is 2.22. The first-order valence-electron chi connectivity index (χ1n) is 9.86. The third-order valence-electron chi connectivity index (χ3n) is 5.00. The van der Waals surface area contributed by atoms with E-state index >= 15 is 0 Å². The SMILES string of the molecule is CC(C)N(CCC(=O)O)C(=O)C1CCN(C(=O)CCOc2ccccc2)CC1. The molecule has 28 heavy (non-hydrogen) atoms. The Kier molecular flexibility index (Phi) is 8.29. The minimum absolute atomic E-state index is 0.00393. The Labute approximate surface area is 166 Å². The summed E-state index contributed by atoms with van der Waals surface area (Å²) < 4.78 is 5.57. The van der Waals surface area contributed by atoms with E-state index in [2.05, 4.69) is 0 Å². The minimum Gasteiger partial charge on any atom is -0.493 e. The number of amides is 2. The molecule has 0 aliphatic carbocycles. The summed E-state index contributed by atoms with van der Waals surface area (Å²) in [6.45, 7) is 5.44. The number of carbonyl (C=O) groups is 3. The number of carbonyl (C=O) groups excluding carboxylic acids is 2. The fraction of sp³-hybridized carbons (Fsp3) is 0.571. The van der Waals surface area contributed by atoms with Crippen LogP contribution in [0.1, 0.15) is 39.5 Å². The molecule has 1 N–H and O–H groups in total. The summed E-state index contributed by atoms with van der Waals surface area (Å²) in [4.78, 5) is 39.4. The van der Waals surface area contributed by atoms with Crippen LogP contribution in [0, 0.1) is 5.92 Å². The predicted octanol–water partition coefficient (Wildman–Crippen LogP) is 2.41. The number of ether oxygens (including phenoxy) is 1. The third kappa shape index (κ3) is 6.55. The zero-order valence-corrected chi connectivity index (χ0v) is 16.7. The minimum atomic E-state index is -0.906. The van der Waals surface area contributed by atoms with Crippen molar-refractivity contribution in [1.82, 2.24) is 9.80 Å². The molecule has 1 aromatic rings. The monoisotopic (exact) mass is 390 g/mol. The number of hydrogen-bond donors (Lipinski definition) is 1. The number of rotatable bonds is 9. The number of likely N-dealkylation sites (tertiary alicyclic amines) is 1. The van der Waals surface area contributed by atoms with Gasteiger partial charge in [0.1, 0.15) is 5.75 Å². The Morgan fingerprint density at radius 1 is 1.14 bits per heavy atom. The molecule has 2 amide bonds. The number of piperidine rings is 1. The molecule has 0 atom stereocenters. The second-order valence-corrected chi connectivity index (χ2v) is 7.34. The highest BCUT2D eigenvalue weighted by molar-refractivity contribution is 5.81. The van der Waals surface area contributed by atoms with E-state index in [-0.39, 0.29) is 36.7 Å². The molecule has 154 valence electrons. The van der Waals surface area contributed by atoms with Crippen molar-refractivity contribution >= 4 is 17.8 Å². The summed E-state index contributed by atoms with van der Waals surface area (Å²) >= 11 is 0. The maximum absolute atomic E-state index is 12.8. The lowest BCUT2D eigenvalue weighted by Gasteiger charge is -2.35. The van der Waals surface area contributed by atoms with Gasteiger partial charge in [-0.05, 0) is 38.8 Å². The van der Waals surface area contributed by atoms with Gasteiger partial charge in [0.2, 0.25) is 11.8 Å². The number of benzene rings is 1. The molecule has 0 saturated carbocycles. The van der Waals surface area contributed by atoms with Crippen LogP contribution in [0.2, 0.25) is 0 Å². The molecule has 1 heterocycles. The number of para-hydroxylation sites is 1. The highest BCUT2D eigenvalue weighted by atomic mass is 16.5. The zero-order valence-electron chi connectivity index (χ0n) is 16.7. The van der Waals surface area contributed by atoms with Crippen molar-refractivity contribution in [3.8, 4) is 5.75 Å². The van der Waals surface area contributed by atoms with E-state index in [1.54, 1.807) is 9.80 Å². The smallest absolute Gasteiger partial charge is 0.305 e. The topological polar surface area (TPSA) is 87.2 Å². The lowest BCUT2D eigenvalue weighted by molar-refractivity contribution is -0.144. The van der Waals surface area contributed by atoms with Gasteiger partial charge in [0, 0.05) is 31.6 Å². The molecule has 2 rings (SSSR count). The van der Waals surface area contributed by atoms with Crippen molar-refractivity contribution in [1.29, 1.82) is 0 Å². The fourth-order valence-corrected chi connectivity index (χ4v) is 3.38. The summed E-state index contributed by atoms with van der Waals surface area (Å²) in [7, 11) is 0. The van der Waals surface area contributed by atoms with Crippen molar-refractivity contribution in [2.45, 2.75) is 45.6 Å². The molecule has 0 radical (unpaired) electrons. The summed E-state index contributed by atoms with van der Waals surface area (Å²) in [5.74, 6) is -0.281. The van der Waals surface area contributed by atoms with Crippen LogP contribution in [0.25, 0.3) is 0 Å².